The second-order valence-corrected chi connectivity index (χ2v) is 8.06. The second-order valence-electron chi connectivity index (χ2n) is 8.06. The summed E-state index contributed by atoms with van der Waals surface area (Å²) in [6.07, 6.45) is 9.34. The van der Waals surface area contributed by atoms with E-state index in [4.69, 9.17) is 0 Å². The lowest BCUT2D eigenvalue weighted by Gasteiger charge is -2.34. The number of fused-ring (bicyclic) bond motifs is 1. The van der Waals surface area contributed by atoms with E-state index in [1.807, 2.05) is 52.4 Å². The molecule has 0 radical (unpaired) electrons. The first kappa shape index (κ1) is 19.5. The molecule has 1 aromatic carbocycles. The molecule has 0 unspecified atom stereocenters. The van der Waals surface area contributed by atoms with Crippen molar-refractivity contribution in [3.05, 3.63) is 83.6 Å². The van der Waals surface area contributed by atoms with Crippen LogP contribution in [0.5, 0.6) is 0 Å². The third-order valence-electron chi connectivity index (χ3n) is 6.10. The van der Waals surface area contributed by atoms with E-state index in [0.29, 0.717) is 18.0 Å². The molecule has 1 N–H and O–H groups in total. The van der Waals surface area contributed by atoms with Gasteiger partial charge in [-0.3, -0.25) is 15.2 Å². The number of aliphatic imine (C=N–C) groups is 1. The van der Waals surface area contributed by atoms with E-state index in [9.17, 15) is 4.79 Å². The average molecular weight is 415 g/mol. The minimum absolute atomic E-state index is 0.0405. The smallest absolute Gasteiger partial charge is 0.256 e. The van der Waals surface area contributed by atoms with E-state index in [1.54, 1.807) is 12.4 Å². The Hall–Kier alpha value is -3.45. The molecule has 0 saturated carbocycles. The number of carbonyl (C=O) groups is 1. The number of likely N-dealkylation sites (tertiary alicyclic amines) is 1. The van der Waals surface area contributed by atoms with Crippen molar-refractivity contribution >= 4 is 17.8 Å². The SMILES string of the molecule is Cc1ncccc1NN1CC=C2N=CC(C(=O)N3CCC(c4ccccc4)CC3)=CN21. The van der Waals surface area contributed by atoms with Gasteiger partial charge in [-0.1, -0.05) is 30.3 Å². The number of aryl methyl sites for hydroxylation is 1. The monoisotopic (exact) mass is 414 g/mol. The molecule has 1 saturated heterocycles. The average Bonchev–Trinajstić information content (AvgIpc) is 3.23. The van der Waals surface area contributed by atoms with Crippen molar-refractivity contribution in [3.8, 4) is 0 Å². The van der Waals surface area contributed by atoms with Gasteiger partial charge in [0.05, 0.1) is 23.5 Å². The van der Waals surface area contributed by atoms with Crippen molar-refractivity contribution in [1.82, 2.24) is 20.0 Å². The van der Waals surface area contributed by atoms with Gasteiger partial charge in [-0.15, -0.1) is 5.12 Å². The summed E-state index contributed by atoms with van der Waals surface area (Å²) in [4.78, 5) is 24.0. The zero-order valence-corrected chi connectivity index (χ0v) is 17.6. The molecule has 1 amide bonds. The van der Waals surface area contributed by atoms with Crippen LogP contribution in [0.25, 0.3) is 0 Å². The molecule has 4 heterocycles. The van der Waals surface area contributed by atoms with E-state index >= 15 is 0 Å². The largest absolute Gasteiger partial charge is 0.339 e. The van der Waals surface area contributed by atoms with Gasteiger partial charge in [-0.2, -0.15) is 0 Å². The number of nitrogens with zero attached hydrogens (tertiary/aromatic N) is 5. The number of benzene rings is 1. The number of piperidine rings is 1. The molecule has 3 aliphatic rings. The topological polar surface area (TPSA) is 64.1 Å². The molecule has 0 bridgehead atoms. The number of aromatic nitrogens is 1. The zero-order chi connectivity index (χ0) is 21.2. The van der Waals surface area contributed by atoms with Crippen molar-refractivity contribution in [2.45, 2.75) is 25.7 Å². The molecule has 1 fully saturated rings. The highest BCUT2D eigenvalue weighted by atomic mass is 16.2. The van der Waals surface area contributed by atoms with Crippen LogP contribution in [0.2, 0.25) is 0 Å². The third kappa shape index (κ3) is 3.96. The molecule has 0 spiro atoms. The maximum absolute atomic E-state index is 13.2. The standard InChI is InChI=1S/C24H26N6O/c1-18-22(8-5-12-25-18)27-30-15-11-23-26-16-21(17-29(23)30)24(31)28-13-9-20(10-14-28)19-6-3-2-4-7-19/h2-8,11-12,16-17,20,27H,9-10,13-15H2,1H3. The first-order valence-electron chi connectivity index (χ1n) is 10.7. The summed E-state index contributed by atoms with van der Waals surface area (Å²) in [6.45, 7) is 4.15. The Bertz CT molecular complexity index is 1050. The van der Waals surface area contributed by atoms with E-state index in [1.165, 1.54) is 5.56 Å². The van der Waals surface area contributed by atoms with Crippen LogP contribution in [0.3, 0.4) is 0 Å². The van der Waals surface area contributed by atoms with Crippen molar-refractivity contribution in [1.29, 1.82) is 0 Å². The van der Waals surface area contributed by atoms with Gasteiger partial charge in [0.2, 0.25) is 0 Å². The van der Waals surface area contributed by atoms with Gasteiger partial charge in [0.15, 0.2) is 0 Å². The van der Waals surface area contributed by atoms with Crippen LogP contribution in [-0.4, -0.2) is 51.8 Å². The number of amides is 1. The summed E-state index contributed by atoms with van der Waals surface area (Å²) < 4.78 is 0. The predicted octanol–water partition coefficient (Wildman–Crippen LogP) is 3.47. The Balaban J connectivity index is 1.25. The molecule has 31 heavy (non-hydrogen) atoms. The van der Waals surface area contributed by atoms with Gasteiger partial charge in [-0.05, 0) is 49.5 Å². The van der Waals surface area contributed by atoms with Crippen LogP contribution in [0, 0.1) is 6.92 Å². The van der Waals surface area contributed by atoms with Crippen LogP contribution >= 0.6 is 0 Å². The van der Waals surface area contributed by atoms with E-state index < -0.39 is 0 Å². The number of pyridine rings is 1. The number of rotatable bonds is 4. The maximum Gasteiger partial charge on any atom is 0.256 e. The Morgan fingerprint density at radius 1 is 1.10 bits per heavy atom. The normalized spacial score (nSPS) is 19.1. The number of hydrogen-bond acceptors (Lipinski definition) is 6. The number of nitrogens with one attached hydrogen (secondary N) is 1. The van der Waals surface area contributed by atoms with Gasteiger partial charge >= 0.3 is 0 Å². The van der Waals surface area contributed by atoms with Gasteiger partial charge in [-0.25, -0.2) is 10.0 Å². The summed E-state index contributed by atoms with van der Waals surface area (Å²) in [5, 5.41) is 3.83. The van der Waals surface area contributed by atoms with E-state index in [-0.39, 0.29) is 5.91 Å². The fourth-order valence-corrected chi connectivity index (χ4v) is 4.30. The Labute approximate surface area is 182 Å². The van der Waals surface area contributed by atoms with Crippen LogP contribution < -0.4 is 5.43 Å². The summed E-state index contributed by atoms with van der Waals surface area (Å²) in [6, 6.07) is 14.5. The molecule has 2 aromatic rings. The third-order valence-corrected chi connectivity index (χ3v) is 6.10. The lowest BCUT2D eigenvalue weighted by Crippen LogP contribution is -2.42. The second kappa shape index (κ2) is 8.35. The highest BCUT2D eigenvalue weighted by Crippen LogP contribution is 2.29. The van der Waals surface area contributed by atoms with Crippen molar-refractivity contribution in [2.75, 3.05) is 25.1 Å². The van der Waals surface area contributed by atoms with E-state index in [0.717, 1.165) is 43.1 Å². The molecule has 5 rings (SSSR count). The fraction of sp³-hybridized carbons (Fsp3) is 0.292. The lowest BCUT2D eigenvalue weighted by molar-refractivity contribution is -0.127. The lowest BCUT2D eigenvalue weighted by atomic mass is 9.89. The number of carbonyl (C=O) groups excluding carboxylic acids is 1. The Kier molecular flexibility index (Phi) is 5.26. The van der Waals surface area contributed by atoms with Gasteiger partial charge in [0, 0.05) is 31.7 Å². The Morgan fingerprint density at radius 2 is 1.90 bits per heavy atom. The fourth-order valence-electron chi connectivity index (χ4n) is 4.30. The summed E-state index contributed by atoms with van der Waals surface area (Å²) in [5.74, 6) is 1.38. The molecule has 7 nitrogen and oxygen atoms in total. The maximum atomic E-state index is 13.2. The molecule has 1 aromatic heterocycles. The number of hydrogen-bond donors (Lipinski definition) is 1. The molecule has 158 valence electrons. The minimum Gasteiger partial charge on any atom is -0.339 e. The summed E-state index contributed by atoms with van der Waals surface area (Å²) in [5.41, 5.74) is 7.19. The molecular formula is C24H26N6O. The summed E-state index contributed by atoms with van der Waals surface area (Å²) in [7, 11) is 0. The van der Waals surface area contributed by atoms with Crippen molar-refractivity contribution in [2.24, 2.45) is 4.99 Å². The predicted molar refractivity (Wildman–Crippen MR) is 121 cm³/mol. The van der Waals surface area contributed by atoms with Gasteiger partial charge in [0.25, 0.3) is 5.91 Å². The first-order chi connectivity index (χ1) is 15.2. The van der Waals surface area contributed by atoms with Gasteiger partial charge in [0.1, 0.15) is 5.82 Å². The highest BCUT2D eigenvalue weighted by Gasteiger charge is 2.30. The van der Waals surface area contributed by atoms with Gasteiger partial charge < -0.3 is 4.90 Å². The molecule has 0 aliphatic carbocycles. The van der Waals surface area contributed by atoms with Crippen LogP contribution in [0.4, 0.5) is 5.69 Å². The van der Waals surface area contributed by atoms with Crippen LogP contribution in [0.15, 0.2) is 77.3 Å². The first-order valence-corrected chi connectivity index (χ1v) is 10.7. The molecular weight excluding hydrogens is 388 g/mol. The number of hydrazine groups is 2. The quantitative estimate of drug-likeness (QED) is 0.830. The zero-order valence-electron chi connectivity index (χ0n) is 17.6. The van der Waals surface area contributed by atoms with Crippen LogP contribution in [0.1, 0.15) is 30.0 Å². The van der Waals surface area contributed by atoms with Crippen LogP contribution in [-0.2, 0) is 4.79 Å². The highest BCUT2D eigenvalue weighted by molar-refractivity contribution is 6.12. The number of anilines is 1. The van der Waals surface area contributed by atoms with Crippen molar-refractivity contribution < 1.29 is 4.79 Å². The van der Waals surface area contributed by atoms with E-state index in [2.05, 4.69) is 39.7 Å². The molecule has 3 aliphatic heterocycles. The Morgan fingerprint density at radius 3 is 2.68 bits per heavy atom. The molecule has 7 heteroatoms. The minimum atomic E-state index is 0.0405. The van der Waals surface area contributed by atoms with Crippen molar-refractivity contribution in [3.63, 3.8) is 0 Å². The molecule has 0 atom stereocenters. The summed E-state index contributed by atoms with van der Waals surface area (Å²) >= 11 is 0.